The number of anilines is 2. The number of amides is 1. The molecule has 0 atom stereocenters. The number of nitrogens with two attached hydrogens (primary N) is 2. The SMILES string of the molecule is CN/C(C)=C\C(N)=N/c1ncc(C)c(-c2c[nH]c3c(NC(=O)CN4CCCC4)cccc23)n1.Nc1cccc(O)c1. The molecule has 1 aliphatic heterocycles. The predicted molar refractivity (Wildman–Crippen MR) is 165 cm³/mol. The summed E-state index contributed by atoms with van der Waals surface area (Å²) in [6.45, 7) is 6.24. The molecule has 8 N–H and O–H groups in total. The van der Waals surface area contributed by atoms with Crippen molar-refractivity contribution in [2.45, 2.75) is 26.7 Å². The molecule has 3 heterocycles. The van der Waals surface area contributed by atoms with Crippen molar-refractivity contribution in [3.05, 3.63) is 72.2 Å². The third-order valence-electron chi connectivity index (χ3n) is 6.63. The van der Waals surface area contributed by atoms with Gasteiger partial charge < -0.3 is 32.2 Å². The third kappa shape index (κ3) is 7.83. The van der Waals surface area contributed by atoms with Crippen molar-refractivity contribution < 1.29 is 9.90 Å². The van der Waals surface area contributed by atoms with Gasteiger partial charge in [0.1, 0.15) is 11.6 Å². The lowest BCUT2D eigenvalue weighted by molar-refractivity contribution is -0.117. The summed E-state index contributed by atoms with van der Waals surface area (Å²) in [5, 5.41) is 15.8. The second kappa shape index (κ2) is 13.4. The Kier molecular flexibility index (Phi) is 9.54. The molecule has 11 heteroatoms. The fraction of sp³-hybridized carbons (Fsp3) is 0.267. The molecular formula is C30H37N9O2. The van der Waals surface area contributed by atoms with Crippen LogP contribution in [-0.2, 0) is 4.79 Å². The zero-order valence-corrected chi connectivity index (χ0v) is 23.6. The first-order valence-electron chi connectivity index (χ1n) is 13.4. The molecule has 1 saturated heterocycles. The fourth-order valence-electron chi connectivity index (χ4n) is 4.51. The van der Waals surface area contributed by atoms with Gasteiger partial charge in [-0.05, 0) is 69.6 Å². The van der Waals surface area contributed by atoms with Crippen LogP contribution in [0.2, 0.25) is 0 Å². The summed E-state index contributed by atoms with van der Waals surface area (Å²) in [4.78, 5) is 31.3. The number of hydrogen-bond donors (Lipinski definition) is 6. The molecule has 1 amide bonds. The quantitative estimate of drug-likeness (QED) is 0.113. The lowest BCUT2D eigenvalue weighted by Gasteiger charge is -2.14. The van der Waals surface area contributed by atoms with Gasteiger partial charge in [-0.1, -0.05) is 18.2 Å². The molecular weight excluding hydrogens is 518 g/mol. The van der Waals surface area contributed by atoms with Crippen LogP contribution in [0.4, 0.5) is 17.3 Å². The minimum atomic E-state index is -0.00391. The van der Waals surface area contributed by atoms with E-state index in [1.807, 2.05) is 45.3 Å². The summed E-state index contributed by atoms with van der Waals surface area (Å²) < 4.78 is 0. The molecule has 2 aromatic heterocycles. The number of carbonyl (C=O) groups is 1. The molecule has 1 fully saturated rings. The topological polar surface area (TPSA) is 171 Å². The maximum atomic E-state index is 12.6. The number of hydrogen-bond acceptors (Lipinski definition) is 8. The Morgan fingerprint density at radius 2 is 1.98 bits per heavy atom. The van der Waals surface area contributed by atoms with Crippen LogP contribution in [0, 0.1) is 6.92 Å². The lowest BCUT2D eigenvalue weighted by Crippen LogP contribution is -2.30. The number of rotatable bonds is 7. The zero-order valence-electron chi connectivity index (χ0n) is 23.6. The summed E-state index contributed by atoms with van der Waals surface area (Å²) in [7, 11) is 1.82. The molecule has 0 spiro atoms. The average Bonchev–Trinajstić information content (AvgIpc) is 3.60. The standard InChI is InChI=1S/C24H30N8O.C6H7NO/c1-15-12-28-24(30-20(25)11-16(2)26-3)31-22(15)18-13-27-23-17(18)7-6-8-19(23)29-21(33)14-32-9-4-5-10-32;7-5-2-1-3-6(8)4-5/h6-8,11-13,26-27H,4-5,9-10,14H2,1-3H3,(H,29,33)(H2,25,28,30,31);1-4,8H,7H2/b16-11-;. The number of nitrogens with zero attached hydrogens (tertiary/aromatic N) is 4. The van der Waals surface area contributed by atoms with Crippen LogP contribution in [-0.4, -0.2) is 63.4 Å². The van der Waals surface area contributed by atoms with Crippen LogP contribution >= 0.6 is 0 Å². The smallest absolute Gasteiger partial charge is 0.251 e. The van der Waals surface area contributed by atoms with Crippen molar-refractivity contribution in [2.24, 2.45) is 10.7 Å². The van der Waals surface area contributed by atoms with Crippen molar-refractivity contribution >= 4 is 40.0 Å². The monoisotopic (exact) mass is 555 g/mol. The number of para-hydroxylation sites is 1. The molecule has 11 nitrogen and oxygen atoms in total. The number of aromatic nitrogens is 3. The molecule has 2 aromatic carbocycles. The summed E-state index contributed by atoms with van der Waals surface area (Å²) in [6, 6.07) is 12.4. The van der Waals surface area contributed by atoms with Gasteiger partial charge in [0.2, 0.25) is 5.91 Å². The molecule has 214 valence electrons. The molecule has 0 radical (unpaired) electrons. The maximum Gasteiger partial charge on any atom is 0.251 e. The Labute approximate surface area is 239 Å². The first kappa shape index (κ1) is 29.1. The average molecular weight is 556 g/mol. The molecule has 0 saturated carbocycles. The van der Waals surface area contributed by atoms with Crippen LogP contribution in [0.1, 0.15) is 25.3 Å². The number of aryl methyl sites for hydroxylation is 1. The van der Waals surface area contributed by atoms with Gasteiger partial charge in [0.05, 0.1) is 23.4 Å². The van der Waals surface area contributed by atoms with E-state index in [2.05, 4.69) is 35.5 Å². The van der Waals surface area contributed by atoms with Crippen LogP contribution in [0.3, 0.4) is 0 Å². The number of nitrogen functional groups attached to an aromatic ring is 1. The number of aliphatic imine (C=N–C) groups is 1. The number of benzene rings is 2. The fourth-order valence-corrected chi connectivity index (χ4v) is 4.51. The number of likely N-dealkylation sites (tertiary alicyclic amines) is 1. The van der Waals surface area contributed by atoms with E-state index in [4.69, 9.17) is 16.6 Å². The minimum absolute atomic E-state index is 0.00391. The summed E-state index contributed by atoms with van der Waals surface area (Å²) in [6.07, 6.45) is 7.68. The second-order valence-electron chi connectivity index (χ2n) is 9.87. The number of phenols is 1. The van der Waals surface area contributed by atoms with Crippen molar-refractivity contribution in [3.8, 4) is 17.0 Å². The van der Waals surface area contributed by atoms with Crippen molar-refractivity contribution in [1.82, 2.24) is 25.2 Å². The van der Waals surface area contributed by atoms with E-state index in [9.17, 15) is 4.79 Å². The van der Waals surface area contributed by atoms with E-state index in [-0.39, 0.29) is 17.6 Å². The van der Waals surface area contributed by atoms with Gasteiger partial charge in [-0.15, -0.1) is 0 Å². The number of aromatic hydroxyl groups is 1. The van der Waals surface area contributed by atoms with Crippen LogP contribution < -0.4 is 22.1 Å². The highest BCUT2D eigenvalue weighted by Gasteiger charge is 2.17. The Hall–Kier alpha value is -4.90. The Morgan fingerprint density at radius 3 is 2.66 bits per heavy atom. The molecule has 1 aliphatic rings. The van der Waals surface area contributed by atoms with Crippen LogP contribution in [0.25, 0.3) is 22.2 Å². The van der Waals surface area contributed by atoms with Crippen molar-refractivity contribution in [3.63, 3.8) is 0 Å². The first-order chi connectivity index (χ1) is 19.7. The van der Waals surface area contributed by atoms with Gasteiger partial charge in [0.25, 0.3) is 5.95 Å². The van der Waals surface area contributed by atoms with E-state index < -0.39 is 0 Å². The molecule has 5 rings (SSSR count). The van der Waals surface area contributed by atoms with Gasteiger partial charge in [0.15, 0.2) is 0 Å². The van der Waals surface area contributed by atoms with Gasteiger partial charge in [-0.25, -0.2) is 9.97 Å². The van der Waals surface area contributed by atoms with Gasteiger partial charge in [-0.3, -0.25) is 9.69 Å². The number of phenolic OH excluding ortho intramolecular Hbond substituents is 1. The molecule has 0 unspecified atom stereocenters. The molecule has 4 aromatic rings. The minimum Gasteiger partial charge on any atom is -0.508 e. The summed E-state index contributed by atoms with van der Waals surface area (Å²) in [5.41, 5.74) is 17.0. The van der Waals surface area contributed by atoms with Crippen LogP contribution in [0.5, 0.6) is 5.75 Å². The number of amidine groups is 1. The number of H-pyrrole nitrogens is 1. The maximum absolute atomic E-state index is 12.6. The van der Waals surface area contributed by atoms with Gasteiger partial charge >= 0.3 is 0 Å². The predicted octanol–water partition coefficient (Wildman–Crippen LogP) is 4.05. The van der Waals surface area contributed by atoms with Crippen molar-refractivity contribution in [1.29, 1.82) is 0 Å². The van der Waals surface area contributed by atoms with Gasteiger partial charge in [-0.2, -0.15) is 4.99 Å². The summed E-state index contributed by atoms with van der Waals surface area (Å²) >= 11 is 0. The van der Waals surface area contributed by atoms with E-state index in [1.165, 1.54) is 6.07 Å². The zero-order chi connectivity index (χ0) is 29.4. The van der Waals surface area contributed by atoms with Crippen molar-refractivity contribution in [2.75, 3.05) is 37.7 Å². The highest BCUT2D eigenvalue weighted by atomic mass is 16.3. The molecule has 41 heavy (non-hydrogen) atoms. The highest BCUT2D eigenvalue weighted by Crippen LogP contribution is 2.33. The van der Waals surface area contributed by atoms with Crippen LogP contribution in [0.15, 0.2) is 71.6 Å². The Balaban J connectivity index is 0.000000417. The number of fused-ring (bicyclic) bond motifs is 1. The highest BCUT2D eigenvalue weighted by molar-refractivity contribution is 6.06. The Bertz CT molecular complexity index is 1550. The normalized spacial score (nSPS) is 14.0. The lowest BCUT2D eigenvalue weighted by atomic mass is 10.1. The van der Waals surface area contributed by atoms with E-state index >= 15 is 0 Å². The number of aromatic amines is 1. The van der Waals surface area contributed by atoms with Gasteiger partial charge in [0, 0.05) is 47.8 Å². The first-order valence-corrected chi connectivity index (χ1v) is 13.4. The number of nitrogens with one attached hydrogen (secondary N) is 3. The third-order valence-corrected chi connectivity index (χ3v) is 6.63. The van der Waals surface area contributed by atoms with E-state index in [0.717, 1.165) is 65.0 Å². The number of carbonyl (C=O) groups excluding carboxylic acids is 1. The van der Waals surface area contributed by atoms with E-state index in [1.54, 1.807) is 30.5 Å². The van der Waals surface area contributed by atoms with E-state index in [0.29, 0.717) is 18.1 Å². The second-order valence-corrected chi connectivity index (χ2v) is 9.87. The molecule has 0 bridgehead atoms. The Morgan fingerprint density at radius 1 is 1.22 bits per heavy atom. The molecule has 0 aliphatic carbocycles. The number of allylic oxidation sites excluding steroid dienone is 1. The summed E-state index contributed by atoms with van der Waals surface area (Å²) in [5.74, 6) is 0.817. The largest absolute Gasteiger partial charge is 0.508 e.